The predicted molar refractivity (Wildman–Crippen MR) is 91.9 cm³/mol. The summed E-state index contributed by atoms with van der Waals surface area (Å²) in [5.41, 5.74) is 0.795. The Morgan fingerprint density at radius 2 is 2.08 bits per heavy atom. The molecule has 0 spiro atoms. The van der Waals surface area contributed by atoms with Crippen molar-refractivity contribution < 1.29 is 14.1 Å². The first-order valence-electron chi connectivity index (χ1n) is 8.55. The average molecular weight is 345 g/mol. The summed E-state index contributed by atoms with van der Waals surface area (Å²) in [7, 11) is 0. The van der Waals surface area contributed by atoms with Gasteiger partial charge in [-0.1, -0.05) is 19.0 Å². The van der Waals surface area contributed by atoms with Crippen LogP contribution in [0, 0.1) is 0 Å². The zero-order valence-electron chi connectivity index (χ0n) is 14.8. The van der Waals surface area contributed by atoms with Crippen molar-refractivity contribution in [2.75, 3.05) is 37.7 Å². The number of aromatic nitrogens is 3. The van der Waals surface area contributed by atoms with E-state index in [1.54, 1.807) is 23.2 Å². The minimum absolute atomic E-state index is 0.122. The van der Waals surface area contributed by atoms with Crippen LogP contribution in [0.2, 0.25) is 0 Å². The maximum Gasteiger partial charge on any atom is 0.292 e. The Morgan fingerprint density at radius 3 is 2.72 bits per heavy atom. The number of nitrogens with zero attached hydrogens (tertiary/aromatic N) is 5. The van der Waals surface area contributed by atoms with Gasteiger partial charge in [-0.3, -0.25) is 4.79 Å². The van der Waals surface area contributed by atoms with Crippen LogP contribution in [0.5, 0.6) is 5.88 Å². The number of piperazine rings is 1. The normalized spacial score (nSPS) is 14.9. The largest absolute Gasteiger partial charge is 0.478 e. The second-order valence-electron chi connectivity index (χ2n) is 6.18. The van der Waals surface area contributed by atoms with Crippen molar-refractivity contribution >= 4 is 11.9 Å². The van der Waals surface area contributed by atoms with Crippen LogP contribution in [0.1, 0.15) is 42.9 Å². The molecule has 1 fully saturated rings. The summed E-state index contributed by atoms with van der Waals surface area (Å²) in [6.45, 7) is 8.99. The van der Waals surface area contributed by atoms with Crippen LogP contribution in [-0.4, -0.2) is 58.7 Å². The van der Waals surface area contributed by atoms with E-state index >= 15 is 0 Å². The molecule has 0 bridgehead atoms. The van der Waals surface area contributed by atoms with Crippen molar-refractivity contribution in [2.24, 2.45) is 0 Å². The third-order valence-electron chi connectivity index (χ3n) is 4.09. The Labute approximate surface area is 146 Å². The van der Waals surface area contributed by atoms with E-state index in [0.29, 0.717) is 50.4 Å². The van der Waals surface area contributed by atoms with Gasteiger partial charge in [-0.05, 0) is 12.8 Å². The molecule has 0 aliphatic carbocycles. The van der Waals surface area contributed by atoms with Crippen molar-refractivity contribution in [1.82, 2.24) is 20.0 Å². The molecule has 2 aromatic heterocycles. The highest BCUT2D eigenvalue weighted by Gasteiger charge is 2.26. The molecule has 0 atom stereocenters. The third kappa shape index (κ3) is 3.89. The number of amides is 1. The van der Waals surface area contributed by atoms with E-state index in [2.05, 4.69) is 15.1 Å². The van der Waals surface area contributed by atoms with E-state index < -0.39 is 0 Å². The van der Waals surface area contributed by atoms with Gasteiger partial charge in [0.1, 0.15) is 0 Å². The molecule has 1 amide bonds. The summed E-state index contributed by atoms with van der Waals surface area (Å²) in [5, 5.41) is 3.95. The molecule has 0 N–H and O–H groups in total. The Kier molecular flexibility index (Phi) is 5.16. The molecule has 8 nitrogen and oxygen atoms in total. The van der Waals surface area contributed by atoms with Gasteiger partial charge in [0, 0.05) is 44.5 Å². The number of hydrogen-bond donors (Lipinski definition) is 0. The topological polar surface area (TPSA) is 84.6 Å². The van der Waals surface area contributed by atoms with Crippen molar-refractivity contribution in [1.29, 1.82) is 0 Å². The van der Waals surface area contributed by atoms with E-state index in [9.17, 15) is 4.79 Å². The van der Waals surface area contributed by atoms with Gasteiger partial charge in [0.15, 0.2) is 0 Å². The lowest BCUT2D eigenvalue weighted by Crippen LogP contribution is -2.49. The van der Waals surface area contributed by atoms with Crippen molar-refractivity contribution in [3.05, 3.63) is 29.8 Å². The highest BCUT2D eigenvalue weighted by atomic mass is 16.5. The standard InChI is InChI=1S/C17H23N5O3/c1-4-24-15-5-6-18-17(19-15)22-9-7-21(8-10-22)16(23)14-11-13(12(2)3)20-25-14/h5-6,11-12H,4,7-10H2,1-3H3. The average Bonchev–Trinajstić information content (AvgIpc) is 3.12. The highest BCUT2D eigenvalue weighted by molar-refractivity contribution is 5.91. The lowest BCUT2D eigenvalue weighted by molar-refractivity contribution is 0.0704. The van der Waals surface area contributed by atoms with Gasteiger partial charge in [-0.25, -0.2) is 4.98 Å². The Morgan fingerprint density at radius 1 is 1.32 bits per heavy atom. The van der Waals surface area contributed by atoms with Crippen LogP contribution in [0.4, 0.5) is 5.95 Å². The smallest absolute Gasteiger partial charge is 0.292 e. The van der Waals surface area contributed by atoms with E-state index in [0.717, 1.165) is 5.69 Å². The molecule has 2 aromatic rings. The first-order chi connectivity index (χ1) is 12.1. The summed E-state index contributed by atoms with van der Waals surface area (Å²) >= 11 is 0. The lowest BCUT2D eigenvalue weighted by Gasteiger charge is -2.34. The number of hydrogen-bond acceptors (Lipinski definition) is 7. The van der Waals surface area contributed by atoms with Crippen LogP contribution < -0.4 is 9.64 Å². The summed E-state index contributed by atoms with van der Waals surface area (Å²) in [6, 6.07) is 3.47. The van der Waals surface area contributed by atoms with Gasteiger partial charge in [0.25, 0.3) is 5.91 Å². The molecular formula is C17H23N5O3. The predicted octanol–water partition coefficient (Wildman–Crippen LogP) is 1.95. The number of rotatable bonds is 5. The van der Waals surface area contributed by atoms with Crippen LogP contribution in [0.15, 0.2) is 22.9 Å². The first kappa shape index (κ1) is 17.2. The molecule has 0 saturated carbocycles. The molecule has 8 heteroatoms. The zero-order chi connectivity index (χ0) is 17.8. The molecule has 134 valence electrons. The molecule has 0 aromatic carbocycles. The molecular weight excluding hydrogens is 322 g/mol. The van der Waals surface area contributed by atoms with Gasteiger partial charge < -0.3 is 19.1 Å². The number of carbonyl (C=O) groups excluding carboxylic acids is 1. The Bertz CT molecular complexity index is 723. The SMILES string of the molecule is CCOc1ccnc(N2CCN(C(=O)c3cc(C(C)C)no3)CC2)n1. The van der Waals surface area contributed by atoms with Crippen molar-refractivity contribution in [3.63, 3.8) is 0 Å². The number of carbonyl (C=O) groups is 1. The van der Waals surface area contributed by atoms with Crippen LogP contribution in [0.3, 0.4) is 0 Å². The third-order valence-corrected chi connectivity index (χ3v) is 4.09. The molecule has 3 rings (SSSR count). The van der Waals surface area contributed by atoms with E-state index in [1.807, 2.05) is 25.7 Å². The second-order valence-corrected chi connectivity index (χ2v) is 6.18. The fourth-order valence-electron chi connectivity index (χ4n) is 2.64. The minimum Gasteiger partial charge on any atom is -0.478 e. The fourth-order valence-corrected chi connectivity index (χ4v) is 2.64. The van der Waals surface area contributed by atoms with E-state index in [-0.39, 0.29) is 11.8 Å². The maximum atomic E-state index is 12.5. The molecule has 1 aliphatic rings. The molecule has 1 saturated heterocycles. The number of ether oxygens (including phenoxy) is 1. The minimum atomic E-state index is -0.122. The van der Waals surface area contributed by atoms with E-state index in [1.165, 1.54) is 0 Å². The quantitative estimate of drug-likeness (QED) is 0.819. The van der Waals surface area contributed by atoms with Gasteiger partial charge in [0.05, 0.1) is 12.3 Å². The van der Waals surface area contributed by atoms with E-state index in [4.69, 9.17) is 9.26 Å². The van der Waals surface area contributed by atoms with Crippen molar-refractivity contribution in [3.8, 4) is 5.88 Å². The number of anilines is 1. The molecule has 1 aliphatic heterocycles. The summed E-state index contributed by atoms with van der Waals surface area (Å²) in [6.07, 6.45) is 1.69. The maximum absolute atomic E-state index is 12.5. The highest BCUT2D eigenvalue weighted by Crippen LogP contribution is 2.18. The Balaban J connectivity index is 1.61. The second kappa shape index (κ2) is 7.50. The fraction of sp³-hybridized carbons (Fsp3) is 0.529. The van der Waals surface area contributed by atoms with Crippen LogP contribution in [0.25, 0.3) is 0 Å². The molecule has 0 radical (unpaired) electrons. The van der Waals surface area contributed by atoms with Crippen LogP contribution >= 0.6 is 0 Å². The van der Waals surface area contributed by atoms with Crippen molar-refractivity contribution in [2.45, 2.75) is 26.7 Å². The van der Waals surface area contributed by atoms with Gasteiger partial charge >= 0.3 is 0 Å². The summed E-state index contributed by atoms with van der Waals surface area (Å²) in [4.78, 5) is 25.1. The zero-order valence-corrected chi connectivity index (χ0v) is 14.8. The lowest BCUT2D eigenvalue weighted by atomic mass is 10.1. The molecule has 0 unspecified atom stereocenters. The molecule has 25 heavy (non-hydrogen) atoms. The monoisotopic (exact) mass is 345 g/mol. The van der Waals surface area contributed by atoms with Gasteiger partial charge in [-0.15, -0.1) is 0 Å². The molecule has 3 heterocycles. The summed E-state index contributed by atoms with van der Waals surface area (Å²) < 4.78 is 10.6. The van der Waals surface area contributed by atoms with Crippen LogP contribution in [-0.2, 0) is 0 Å². The van der Waals surface area contributed by atoms with Gasteiger partial charge in [-0.2, -0.15) is 4.98 Å². The Hall–Kier alpha value is -2.64. The van der Waals surface area contributed by atoms with Gasteiger partial charge in [0.2, 0.25) is 17.6 Å². The summed E-state index contributed by atoms with van der Waals surface area (Å²) in [5.74, 6) is 1.60. The first-order valence-corrected chi connectivity index (χ1v) is 8.55.